The molecule has 0 spiro atoms. The maximum atomic E-state index is 5.55. The average molecular weight is 233 g/mol. The largest absolute Gasteiger partial charge is 0.339 e. The molecular formula is C11H15N5O. The molecule has 2 aromatic rings. The number of nitrogens with two attached hydrogens (primary N) is 1. The summed E-state index contributed by atoms with van der Waals surface area (Å²) >= 11 is 0. The highest BCUT2D eigenvalue weighted by Gasteiger charge is 2.10. The van der Waals surface area contributed by atoms with E-state index in [2.05, 4.69) is 27.0 Å². The van der Waals surface area contributed by atoms with Crippen LogP contribution < -0.4 is 5.73 Å². The standard InChI is InChI=1S/C11H15N5O/c1-8(6-12)2-3-10-15-11(16-17-10)9-4-5-13-7-14-9/h4-5,7-8H,2-3,6,12H2,1H3. The van der Waals surface area contributed by atoms with Crippen molar-refractivity contribution in [1.29, 1.82) is 0 Å². The molecule has 0 aliphatic carbocycles. The van der Waals surface area contributed by atoms with Gasteiger partial charge in [-0.3, -0.25) is 0 Å². The van der Waals surface area contributed by atoms with Crippen LogP contribution in [0.4, 0.5) is 0 Å². The molecule has 0 aliphatic rings. The molecule has 0 radical (unpaired) electrons. The Bertz CT molecular complexity index is 456. The Balaban J connectivity index is 2.01. The monoisotopic (exact) mass is 233 g/mol. The van der Waals surface area contributed by atoms with Gasteiger partial charge < -0.3 is 10.3 Å². The van der Waals surface area contributed by atoms with Crippen molar-refractivity contribution in [1.82, 2.24) is 20.1 Å². The summed E-state index contributed by atoms with van der Waals surface area (Å²) in [6.07, 6.45) is 4.80. The van der Waals surface area contributed by atoms with E-state index in [1.54, 1.807) is 12.3 Å². The zero-order valence-electron chi connectivity index (χ0n) is 9.71. The summed E-state index contributed by atoms with van der Waals surface area (Å²) in [6.45, 7) is 2.77. The highest BCUT2D eigenvalue weighted by molar-refractivity contribution is 5.46. The summed E-state index contributed by atoms with van der Waals surface area (Å²) < 4.78 is 5.15. The summed E-state index contributed by atoms with van der Waals surface area (Å²) in [4.78, 5) is 12.2. The SMILES string of the molecule is CC(CN)CCc1nc(-c2ccncn2)no1. The van der Waals surface area contributed by atoms with E-state index in [1.165, 1.54) is 6.33 Å². The Labute approximate surface area is 99.3 Å². The number of hydrogen-bond donors (Lipinski definition) is 1. The molecule has 0 saturated carbocycles. The molecule has 90 valence electrons. The van der Waals surface area contributed by atoms with Crippen molar-refractivity contribution in [2.24, 2.45) is 11.7 Å². The van der Waals surface area contributed by atoms with E-state index in [0.717, 1.165) is 12.8 Å². The summed E-state index contributed by atoms with van der Waals surface area (Å²) in [5.41, 5.74) is 6.22. The molecule has 17 heavy (non-hydrogen) atoms. The topological polar surface area (TPSA) is 90.7 Å². The van der Waals surface area contributed by atoms with E-state index < -0.39 is 0 Å². The number of aryl methyl sites for hydroxylation is 1. The molecule has 0 aliphatic heterocycles. The van der Waals surface area contributed by atoms with Crippen molar-refractivity contribution < 1.29 is 4.52 Å². The zero-order valence-corrected chi connectivity index (χ0v) is 9.71. The van der Waals surface area contributed by atoms with Gasteiger partial charge in [-0.15, -0.1) is 0 Å². The molecule has 2 N–H and O–H groups in total. The third-order valence-corrected chi connectivity index (χ3v) is 2.53. The molecule has 1 atom stereocenters. The molecule has 6 heteroatoms. The lowest BCUT2D eigenvalue weighted by molar-refractivity contribution is 0.366. The summed E-state index contributed by atoms with van der Waals surface area (Å²) in [6, 6.07) is 1.75. The molecule has 0 aromatic carbocycles. The highest BCUT2D eigenvalue weighted by Crippen LogP contribution is 2.13. The van der Waals surface area contributed by atoms with Gasteiger partial charge in [-0.2, -0.15) is 4.98 Å². The van der Waals surface area contributed by atoms with Gasteiger partial charge in [-0.05, 0) is 24.9 Å². The molecule has 0 amide bonds. The van der Waals surface area contributed by atoms with Gasteiger partial charge in [0.05, 0.1) is 0 Å². The van der Waals surface area contributed by atoms with Crippen molar-refractivity contribution in [2.75, 3.05) is 6.54 Å². The molecule has 0 saturated heterocycles. The molecule has 0 fully saturated rings. The Hall–Kier alpha value is -1.82. The second-order valence-electron chi connectivity index (χ2n) is 3.99. The van der Waals surface area contributed by atoms with Gasteiger partial charge in [0.1, 0.15) is 12.0 Å². The third kappa shape index (κ3) is 3.07. The lowest BCUT2D eigenvalue weighted by Crippen LogP contribution is -2.11. The smallest absolute Gasteiger partial charge is 0.227 e. The summed E-state index contributed by atoms with van der Waals surface area (Å²) in [5, 5.41) is 3.88. The number of hydrogen-bond acceptors (Lipinski definition) is 6. The lowest BCUT2D eigenvalue weighted by atomic mass is 10.1. The maximum absolute atomic E-state index is 5.55. The number of aromatic nitrogens is 4. The minimum Gasteiger partial charge on any atom is -0.339 e. The van der Waals surface area contributed by atoms with Gasteiger partial charge in [-0.1, -0.05) is 12.1 Å². The minimum absolute atomic E-state index is 0.462. The van der Waals surface area contributed by atoms with Gasteiger partial charge >= 0.3 is 0 Å². The first-order chi connectivity index (χ1) is 8.29. The Morgan fingerprint density at radius 1 is 1.47 bits per heavy atom. The van der Waals surface area contributed by atoms with E-state index in [1.807, 2.05) is 0 Å². The first kappa shape index (κ1) is 11.7. The van der Waals surface area contributed by atoms with Gasteiger partial charge in [0.25, 0.3) is 0 Å². The van der Waals surface area contributed by atoms with Gasteiger partial charge in [-0.25, -0.2) is 9.97 Å². The highest BCUT2D eigenvalue weighted by atomic mass is 16.5. The van der Waals surface area contributed by atoms with Crippen molar-refractivity contribution >= 4 is 0 Å². The van der Waals surface area contributed by atoms with Crippen molar-refractivity contribution in [3.8, 4) is 11.5 Å². The van der Waals surface area contributed by atoms with Crippen LogP contribution in [0.2, 0.25) is 0 Å². The predicted octanol–water partition coefficient (Wildman–Crippen LogP) is 1.05. The minimum atomic E-state index is 0.462. The van der Waals surface area contributed by atoms with Crippen LogP contribution in [0.3, 0.4) is 0 Å². The summed E-state index contributed by atoms with van der Waals surface area (Å²) in [5.74, 6) is 1.59. The first-order valence-electron chi connectivity index (χ1n) is 5.58. The van der Waals surface area contributed by atoms with Crippen LogP contribution in [0.5, 0.6) is 0 Å². The molecule has 0 bridgehead atoms. The molecule has 2 heterocycles. The van der Waals surface area contributed by atoms with E-state index in [4.69, 9.17) is 10.3 Å². The summed E-state index contributed by atoms with van der Waals surface area (Å²) in [7, 11) is 0. The van der Waals surface area contributed by atoms with Crippen LogP contribution in [0, 0.1) is 5.92 Å². The second-order valence-corrected chi connectivity index (χ2v) is 3.99. The van der Waals surface area contributed by atoms with Crippen LogP contribution >= 0.6 is 0 Å². The fourth-order valence-corrected chi connectivity index (χ4v) is 1.37. The van der Waals surface area contributed by atoms with E-state index >= 15 is 0 Å². The van der Waals surface area contributed by atoms with Crippen LogP contribution in [-0.2, 0) is 6.42 Å². The zero-order chi connectivity index (χ0) is 12.1. The second kappa shape index (κ2) is 5.49. The van der Waals surface area contributed by atoms with Gasteiger partial charge in [0, 0.05) is 12.6 Å². The van der Waals surface area contributed by atoms with Crippen molar-refractivity contribution in [3.63, 3.8) is 0 Å². The first-order valence-corrected chi connectivity index (χ1v) is 5.58. The Morgan fingerprint density at radius 3 is 3.06 bits per heavy atom. The molecule has 6 nitrogen and oxygen atoms in total. The van der Waals surface area contributed by atoms with Crippen molar-refractivity contribution in [3.05, 3.63) is 24.5 Å². The molecule has 2 aromatic heterocycles. The van der Waals surface area contributed by atoms with E-state index in [0.29, 0.717) is 29.9 Å². The maximum Gasteiger partial charge on any atom is 0.227 e. The van der Waals surface area contributed by atoms with E-state index in [-0.39, 0.29) is 0 Å². The fourth-order valence-electron chi connectivity index (χ4n) is 1.37. The van der Waals surface area contributed by atoms with Gasteiger partial charge in [0.15, 0.2) is 0 Å². The van der Waals surface area contributed by atoms with Crippen LogP contribution in [0.25, 0.3) is 11.5 Å². The lowest BCUT2D eigenvalue weighted by Gasteiger charge is -2.03. The molecule has 1 unspecified atom stereocenters. The van der Waals surface area contributed by atoms with Gasteiger partial charge in [0.2, 0.25) is 11.7 Å². The fraction of sp³-hybridized carbons (Fsp3) is 0.455. The van der Waals surface area contributed by atoms with Crippen LogP contribution in [0.15, 0.2) is 23.1 Å². The average Bonchev–Trinajstić information content (AvgIpc) is 2.86. The van der Waals surface area contributed by atoms with E-state index in [9.17, 15) is 0 Å². The molecular weight excluding hydrogens is 218 g/mol. The Morgan fingerprint density at radius 2 is 2.35 bits per heavy atom. The predicted molar refractivity (Wildman–Crippen MR) is 61.9 cm³/mol. The Kier molecular flexibility index (Phi) is 3.77. The van der Waals surface area contributed by atoms with Crippen molar-refractivity contribution in [2.45, 2.75) is 19.8 Å². The normalized spacial score (nSPS) is 12.6. The number of nitrogens with zero attached hydrogens (tertiary/aromatic N) is 4. The third-order valence-electron chi connectivity index (χ3n) is 2.53. The molecule has 2 rings (SSSR count). The number of rotatable bonds is 5. The van der Waals surface area contributed by atoms with Crippen LogP contribution in [0.1, 0.15) is 19.2 Å². The quantitative estimate of drug-likeness (QED) is 0.830. The van der Waals surface area contributed by atoms with Crippen LogP contribution in [-0.4, -0.2) is 26.7 Å².